The Bertz CT molecular complexity index is 413. The number of ether oxygens (including phenoxy) is 1. The van der Waals surface area contributed by atoms with Crippen molar-refractivity contribution in [3.05, 3.63) is 42.0 Å². The van der Waals surface area contributed by atoms with Gasteiger partial charge in [-0.3, -0.25) is 0 Å². The minimum Gasteiger partial charge on any atom is -0.493 e. The lowest BCUT2D eigenvalue weighted by molar-refractivity contribution is 0.246. The largest absolute Gasteiger partial charge is 0.493 e. The molecule has 2 nitrogen and oxygen atoms in total. The van der Waals surface area contributed by atoms with E-state index in [1.54, 1.807) is 0 Å². The molecular formula is C15H19NO. The molecule has 1 aliphatic carbocycles. The van der Waals surface area contributed by atoms with Crippen LogP contribution in [0, 0.1) is 0 Å². The number of para-hydroxylation sites is 1. The number of fused-ring (bicyclic) bond motifs is 1. The fraction of sp³-hybridized carbons (Fsp3) is 0.467. The van der Waals surface area contributed by atoms with Crippen LogP contribution in [0.4, 0.5) is 0 Å². The highest BCUT2D eigenvalue weighted by molar-refractivity contribution is 5.37. The van der Waals surface area contributed by atoms with Gasteiger partial charge in [-0.25, -0.2) is 0 Å². The molecule has 2 atom stereocenters. The molecule has 0 saturated carbocycles. The van der Waals surface area contributed by atoms with Crippen molar-refractivity contribution in [3.8, 4) is 5.75 Å². The van der Waals surface area contributed by atoms with E-state index in [2.05, 4.69) is 35.7 Å². The molecule has 90 valence electrons. The van der Waals surface area contributed by atoms with E-state index in [1.165, 1.54) is 24.8 Å². The van der Waals surface area contributed by atoms with Gasteiger partial charge >= 0.3 is 0 Å². The van der Waals surface area contributed by atoms with Crippen LogP contribution in [0.2, 0.25) is 0 Å². The summed E-state index contributed by atoms with van der Waals surface area (Å²) < 4.78 is 5.68. The van der Waals surface area contributed by atoms with Crippen LogP contribution < -0.4 is 10.1 Å². The van der Waals surface area contributed by atoms with Gasteiger partial charge in [0.05, 0.1) is 6.61 Å². The van der Waals surface area contributed by atoms with Gasteiger partial charge in [0.15, 0.2) is 0 Å². The average Bonchev–Trinajstić information content (AvgIpc) is 2.40. The van der Waals surface area contributed by atoms with Crippen molar-refractivity contribution < 1.29 is 4.74 Å². The molecule has 0 aromatic heterocycles. The summed E-state index contributed by atoms with van der Waals surface area (Å²) in [5.74, 6) is 1.05. The molecule has 1 aromatic carbocycles. The minimum absolute atomic E-state index is 0.452. The summed E-state index contributed by atoms with van der Waals surface area (Å²) >= 11 is 0. The van der Waals surface area contributed by atoms with Gasteiger partial charge in [0.25, 0.3) is 0 Å². The Hall–Kier alpha value is -1.28. The van der Waals surface area contributed by atoms with Crippen LogP contribution in [-0.4, -0.2) is 12.6 Å². The lowest BCUT2D eigenvalue weighted by Crippen LogP contribution is -2.35. The van der Waals surface area contributed by atoms with Crippen LogP contribution in [0.25, 0.3) is 0 Å². The molecule has 1 aromatic rings. The molecule has 0 bridgehead atoms. The Kier molecular flexibility index (Phi) is 3.14. The summed E-state index contributed by atoms with van der Waals surface area (Å²) in [5.41, 5.74) is 1.32. The summed E-state index contributed by atoms with van der Waals surface area (Å²) in [6, 6.07) is 9.38. The molecule has 1 aliphatic heterocycles. The zero-order valence-corrected chi connectivity index (χ0v) is 10.1. The molecule has 3 rings (SSSR count). The maximum atomic E-state index is 5.68. The Morgan fingerprint density at radius 3 is 3.00 bits per heavy atom. The molecule has 0 radical (unpaired) electrons. The number of hydrogen-bond donors (Lipinski definition) is 1. The van der Waals surface area contributed by atoms with Gasteiger partial charge in [0.2, 0.25) is 0 Å². The van der Waals surface area contributed by atoms with E-state index < -0.39 is 0 Å². The van der Waals surface area contributed by atoms with Crippen molar-refractivity contribution in [2.75, 3.05) is 6.61 Å². The van der Waals surface area contributed by atoms with E-state index in [4.69, 9.17) is 4.74 Å². The zero-order valence-electron chi connectivity index (χ0n) is 10.1. The van der Waals surface area contributed by atoms with Gasteiger partial charge in [0.1, 0.15) is 5.75 Å². The van der Waals surface area contributed by atoms with Crippen molar-refractivity contribution in [2.45, 2.75) is 37.8 Å². The number of nitrogens with one attached hydrogen (secondary N) is 1. The zero-order chi connectivity index (χ0) is 11.5. The molecular weight excluding hydrogens is 210 g/mol. The van der Waals surface area contributed by atoms with Crippen molar-refractivity contribution in [1.82, 2.24) is 5.32 Å². The van der Waals surface area contributed by atoms with Crippen LogP contribution in [0.5, 0.6) is 5.75 Å². The van der Waals surface area contributed by atoms with E-state index in [1.807, 2.05) is 6.07 Å². The van der Waals surface area contributed by atoms with Crippen LogP contribution in [0.15, 0.2) is 36.4 Å². The van der Waals surface area contributed by atoms with Gasteiger partial charge in [-0.2, -0.15) is 0 Å². The van der Waals surface area contributed by atoms with E-state index in [9.17, 15) is 0 Å². The standard InChI is InChI=1S/C15H19NO/c1-2-6-12(7-3-1)16-14-10-11-17-15-9-5-4-8-13(14)15/h2,4-6,8-9,12,14,16H,1,3,7,10-11H2. The van der Waals surface area contributed by atoms with E-state index in [-0.39, 0.29) is 0 Å². The Labute approximate surface area is 103 Å². The monoisotopic (exact) mass is 229 g/mol. The van der Waals surface area contributed by atoms with E-state index in [0.717, 1.165) is 18.8 Å². The summed E-state index contributed by atoms with van der Waals surface area (Å²) in [6.45, 7) is 0.825. The first-order chi connectivity index (χ1) is 8.43. The van der Waals surface area contributed by atoms with Gasteiger partial charge in [-0.1, -0.05) is 30.4 Å². The van der Waals surface area contributed by atoms with Gasteiger partial charge in [-0.15, -0.1) is 0 Å². The summed E-state index contributed by atoms with van der Waals surface area (Å²) in [6.07, 6.45) is 9.49. The molecule has 2 aliphatic rings. The highest BCUT2D eigenvalue weighted by Gasteiger charge is 2.22. The van der Waals surface area contributed by atoms with Crippen molar-refractivity contribution in [1.29, 1.82) is 0 Å². The predicted octanol–water partition coefficient (Wildman–Crippen LogP) is 3.21. The quantitative estimate of drug-likeness (QED) is 0.786. The smallest absolute Gasteiger partial charge is 0.124 e. The average molecular weight is 229 g/mol. The normalized spacial score (nSPS) is 27.3. The second-order valence-electron chi connectivity index (χ2n) is 4.86. The fourth-order valence-electron chi connectivity index (χ4n) is 2.72. The first-order valence-electron chi connectivity index (χ1n) is 6.58. The van der Waals surface area contributed by atoms with Crippen LogP contribution in [-0.2, 0) is 0 Å². The molecule has 0 spiro atoms. The van der Waals surface area contributed by atoms with Gasteiger partial charge in [-0.05, 0) is 25.3 Å². The predicted molar refractivity (Wildman–Crippen MR) is 69.2 cm³/mol. The number of rotatable bonds is 2. The Balaban J connectivity index is 1.76. The molecule has 0 amide bonds. The highest BCUT2D eigenvalue weighted by atomic mass is 16.5. The first kappa shape index (κ1) is 10.8. The molecule has 2 unspecified atom stereocenters. The topological polar surface area (TPSA) is 21.3 Å². The lowest BCUT2D eigenvalue weighted by Gasteiger charge is -2.30. The molecule has 0 fully saturated rings. The Morgan fingerprint density at radius 2 is 2.12 bits per heavy atom. The third kappa shape index (κ3) is 2.37. The maximum Gasteiger partial charge on any atom is 0.124 e. The highest BCUT2D eigenvalue weighted by Crippen LogP contribution is 2.32. The lowest BCUT2D eigenvalue weighted by atomic mass is 9.96. The SMILES string of the molecule is C1=CC(NC2CCOc3ccccc32)CCC1. The molecule has 1 N–H and O–H groups in total. The van der Waals surface area contributed by atoms with Crippen LogP contribution >= 0.6 is 0 Å². The second kappa shape index (κ2) is 4.92. The Morgan fingerprint density at radius 1 is 1.18 bits per heavy atom. The molecule has 17 heavy (non-hydrogen) atoms. The van der Waals surface area contributed by atoms with Crippen molar-refractivity contribution >= 4 is 0 Å². The summed E-state index contributed by atoms with van der Waals surface area (Å²) in [7, 11) is 0. The number of benzene rings is 1. The maximum absolute atomic E-state index is 5.68. The van der Waals surface area contributed by atoms with Crippen LogP contribution in [0.1, 0.15) is 37.3 Å². The number of hydrogen-bond acceptors (Lipinski definition) is 2. The fourth-order valence-corrected chi connectivity index (χ4v) is 2.72. The van der Waals surface area contributed by atoms with Crippen molar-refractivity contribution in [2.24, 2.45) is 0 Å². The molecule has 1 heterocycles. The van der Waals surface area contributed by atoms with Crippen LogP contribution in [0.3, 0.4) is 0 Å². The first-order valence-corrected chi connectivity index (χ1v) is 6.58. The van der Waals surface area contributed by atoms with Gasteiger partial charge < -0.3 is 10.1 Å². The minimum atomic E-state index is 0.452. The summed E-state index contributed by atoms with van der Waals surface area (Å²) in [5, 5.41) is 3.75. The van der Waals surface area contributed by atoms with Crippen molar-refractivity contribution in [3.63, 3.8) is 0 Å². The third-order valence-electron chi connectivity index (χ3n) is 3.63. The third-order valence-corrected chi connectivity index (χ3v) is 3.63. The van der Waals surface area contributed by atoms with Gasteiger partial charge in [0, 0.05) is 24.1 Å². The summed E-state index contributed by atoms with van der Waals surface area (Å²) in [4.78, 5) is 0. The van der Waals surface area contributed by atoms with E-state index >= 15 is 0 Å². The molecule has 2 heteroatoms. The second-order valence-corrected chi connectivity index (χ2v) is 4.86. The van der Waals surface area contributed by atoms with E-state index in [0.29, 0.717) is 12.1 Å². The number of allylic oxidation sites excluding steroid dienone is 1. The molecule has 0 saturated heterocycles.